The van der Waals surface area contributed by atoms with Gasteiger partial charge in [0.15, 0.2) is 0 Å². The van der Waals surface area contributed by atoms with Gasteiger partial charge in [-0.2, -0.15) is 0 Å². The normalized spacial score (nSPS) is 19.1. The van der Waals surface area contributed by atoms with Crippen molar-refractivity contribution in [2.75, 3.05) is 0 Å². The maximum Gasteiger partial charge on any atom is 0.117 e. The summed E-state index contributed by atoms with van der Waals surface area (Å²) in [7, 11) is 0.831. The summed E-state index contributed by atoms with van der Waals surface area (Å²) in [5.74, 6) is 1.40. The minimum Gasteiger partial charge on any atom is -0.0695 e. The highest BCUT2D eigenvalue weighted by atomic mass is 28.2. The number of allylic oxidation sites excluding steroid dienone is 4. The zero-order chi connectivity index (χ0) is 15.6. The van der Waals surface area contributed by atoms with E-state index in [-0.39, 0.29) is 0 Å². The van der Waals surface area contributed by atoms with Crippen LogP contribution in [0.3, 0.4) is 0 Å². The molecule has 1 aromatic rings. The summed E-state index contributed by atoms with van der Waals surface area (Å²) in [5, 5.41) is 3.21. The van der Waals surface area contributed by atoms with Gasteiger partial charge < -0.3 is 0 Å². The molecular formula is C20H28Si. The van der Waals surface area contributed by atoms with Gasteiger partial charge in [0.1, 0.15) is 9.52 Å². The molecule has 0 saturated heterocycles. The molecule has 0 fully saturated rings. The van der Waals surface area contributed by atoms with Crippen molar-refractivity contribution in [1.29, 1.82) is 0 Å². The Labute approximate surface area is 133 Å². The molecule has 1 heteroatoms. The maximum absolute atomic E-state index is 2.37. The summed E-state index contributed by atoms with van der Waals surface area (Å²) in [6, 6.07) is 9.05. The smallest absolute Gasteiger partial charge is 0.0695 e. The van der Waals surface area contributed by atoms with Crippen molar-refractivity contribution in [2.24, 2.45) is 11.8 Å². The molecule has 0 aliphatic heterocycles. The highest BCUT2D eigenvalue weighted by Crippen LogP contribution is 2.35. The second-order valence-corrected chi connectivity index (χ2v) is 8.11. The van der Waals surface area contributed by atoms with Gasteiger partial charge in [0, 0.05) is 0 Å². The van der Waals surface area contributed by atoms with Crippen molar-refractivity contribution in [3.8, 4) is 0 Å². The van der Waals surface area contributed by atoms with E-state index in [1.807, 2.05) is 0 Å². The van der Waals surface area contributed by atoms with Crippen molar-refractivity contribution in [1.82, 2.24) is 0 Å². The molecule has 21 heavy (non-hydrogen) atoms. The maximum atomic E-state index is 2.37. The Bertz CT molecular complexity index is 575. The second kappa shape index (κ2) is 6.78. The van der Waals surface area contributed by atoms with Gasteiger partial charge in [-0.05, 0) is 56.6 Å². The first-order valence-electron chi connectivity index (χ1n) is 8.15. The van der Waals surface area contributed by atoms with Gasteiger partial charge in [-0.25, -0.2) is 0 Å². The van der Waals surface area contributed by atoms with Gasteiger partial charge in [0.25, 0.3) is 0 Å². The van der Waals surface area contributed by atoms with Gasteiger partial charge in [-0.3, -0.25) is 0 Å². The third kappa shape index (κ3) is 3.57. The Morgan fingerprint density at radius 1 is 1.05 bits per heavy atom. The third-order valence-electron chi connectivity index (χ3n) is 4.92. The first-order valence-corrected chi connectivity index (χ1v) is 9.15. The molecule has 0 amide bonds. The summed E-state index contributed by atoms with van der Waals surface area (Å²) in [6.07, 6.45) is 2.50. The highest BCUT2D eigenvalue weighted by Gasteiger charge is 2.24. The molecule has 2 radical (unpaired) electrons. The topological polar surface area (TPSA) is 0 Å². The van der Waals surface area contributed by atoms with Crippen LogP contribution in [-0.4, -0.2) is 9.52 Å². The average molecular weight is 297 g/mol. The molecule has 0 aromatic heterocycles. The molecule has 1 unspecified atom stereocenters. The van der Waals surface area contributed by atoms with E-state index in [4.69, 9.17) is 0 Å². The van der Waals surface area contributed by atoms with Crippen LogP contribution in [0, 0.1) is 11.8 Å². The van der Waals surface area contributed by atoms with Gasteiger partial charge in [0.05, 0.1) is 0 Å². The van der Waals surface area contributed by atoms with Crippen LogP contribution in [0.1, 0.15) is 53.5 Å². The molecule has 1 aromatic carbocycles. The van der Waals surface area contributed by atoms with Crippen molar-refractivity contribution in [3.63, 3.8) is 0 Å². The zero-order valence-corrected chi connectivity index (χ0v) is 15.4. The summed E-state index contributed by atoms with van der Waals surface area (Å²) in [5.41, 5.74) is 6.18. The van der Waals surface area contributed by atoms with Crippen molar-refractivity contribution in [2.45, 2.75) is 54.4 Å². The lowest BCUT2D eigenvalue weighted by Gasteiger charge is -2.15. The number of hydrogen-bond donors (Lipinski definition) is 0. The van der Waals surface area contributed by atoms with E-state index >= 15 is 0 Å². The molecule has 0 spiro atoms. The predicted molar refractivity (Wildman–Crippen MR) is 95.2 cm³/mol. The number of aryl methyl sites for hydroxylation is 1. The van der Waals surface area contributed by atoms with Crippen LogP contribution in [0.15, 0.2) is 46.2 Å². The highest BCUT2D eigenvalue weighted by molar-refractivity contribution is 6.62. The molecule has 1 aliphatic carbocycles. The van der Waals surface area contributed by atoms with E-state index < -0.39 is 0 Å². The van der Waals surface area contributed by atoms with E-state index in [9.17, 15) is 0 Å². The van der Waals surface area contributed by atoms with E-state index in [0.29, 0.717) is 5.92 Å². The standard InChI is InChI=1S/C20H28Si/c1-13(2)11-12-18-9-7-8-10-19(18)21-20-16(5)14(3)15(4)17(20)6/h7-10,13,16H,11-12H2,1-6H3. The monoisotopic (exact) mass is 296 g/mol. The fraction of sp³-hybridized carbons (Fsp3) is 0.500. The summed E-state index contributed by atoms with van der Waals surface area (Å²) < 4.78 is 0. The average Bonchev–Trinajstić information content (AvgIpc) is 2.64. The molecule has 0 heterocycles. The van der Waals surface area contributed by atoms with E-state index in [1.54, 1.807) is 21.5 Å². The quantitative estimate of drug-likeness (QED) is 0.680. The summed E-state index contributed by atoms with van der Waals surface area (Å²) in [6.45, 7) is 13.9. The Kier molecular flexibility index (Phi) is 5.26. The van der Waals surface area contributed by atoms with Crippen LogP contribution in [-0.2, 0) is 6.42 Å². The largest absolute Gasteiger partial charge is 0.117 e. The summed E-state index contributed by atoms with van der Waals surface area (Å²) >= 11 is 0. The molecule has 0 N–H and O–H groups in total. The number of benzene rings is 1. The minimum absolute atomic E-state index is 0.626. The lowest BCUT2D eigenvalue weighted by Crippen LogP contribution is -2.24. The van der Waals surface area contributed by atoms with Crippen molar-refractivity contribution in [3.05, 3.63) is 51.7 Å². The van der Waals surface area contributed by atoms with Crippen molar-refractivity contribution >= 4 is 14.7 Å². The van der Waals surface area contributed by atoms with Gasteiger partial charge >= 0.3 is 0 Å². The van der Waals surface area contributed by atoms with Crippen molar-refractivity contribution < 1.29 is 0 Å². The SMILES string of the molecule is CC1=C(C)C(C)C([Si]c2ccccc2CCC(C)C)=C1C. The fourth-order valence-electron chi connectivity index (χ4n) is 3.02. The van der Waals surface area contributed by atoms with Crippen LogP contribution in [0.2, 0.25) is 0 Å². The first-order chi connectivity index (χ1) is 9.91. The van der Waals surface area contributed by atoms with Crippen LogP contribution >= 0.6 is 0 Å². The molecule has 0 nitrogen and oxygen atoms in total. The Hall–Kier alpha value is -1.08. The van der Waals surface area contributed by atoms with Gasteiger partial charge in [-0.1, -0.05) is 66.6 Å². The van der Waals surface area contributed by atoms with E-state index in [2.05, 4.69) is 65.8 Å². The number of hydrogen-bond acceptors (Lipinski definition) is 0. The Morgan fingerprint density at radius 2 is 1.71 bits per heavy atom. The predicted octanol–water partition coefficient (Wildman–Crippen LogP) is 4.86. The van der Waals surface area contributed by atoms with Crippen LogP contribution in [0.5, 0.6) is 0 Å². The van der Waals surface area contributed by atoms with Crippen LogP contribution < -0.4 is 5.19 Å². The second-order valence-electron chi connectivity index (χ2n) is 6.78. The minimum atomic E-state index is 0.626. The van der Waals surface area contributed by atoms with Gasteiger partial charge in [0.2, 0.25) is 0 Å². The molecule has 112 valence electrons. The molecule has 0 saturated carbocycles. The lowest BCUT2D eigenvalue weighted by molar-refractivity contribution is 0.587. The van der Waals surface area contributed by atoms with Crippen LogP contribution in [0.4, 0.5) is 0 Å². The molecule has 1 atom stereocenters. The first kappa shape index (κ1) is 16.3. The molecule has 1 aliphatic rings. The Balaban J connectivity index is 2.21. The Morgan fingerprint density at radius 3 is 2.29 bits per heavy atom. The van der Waals surface area contributed by atoms with Crippen LogP contribution in [0.25, 0.3) is 0 Å². The third-order valence-corrected chi connectivity index (χ3v) is 6.75. The molecule has 0 bridgehead atoms. The lowest BCUT2D eigenvalue weighted by atomic mass is 10.0. The molecule has 2 rings (SSSR count). The van der Waals surface area contributed by atoms with E-state index in [0.717, 1.165) is 15.4 Å². The molecular weight excluding hydrogens is 268 g/mol. The zero-order valence-electron chi connectivity index (χ0n) is 14.4. The fourth-order valence-corrected chi connectivity index (χ4v) is 4.66. The number of rotatable bonds is 5. The summed E-state index contributed by atoms with van der Waals surface area (Å²) in [4.78, 5) is 0. The van der Waals surface area contributed by atoms with Gasteiger partial charge in [-0.15, -0.1) is 0 Å². The van der Waals surface area contributed by atoms with E-state index in [1.165, 1.54) is 24.0 Å².